The van der Waals surface area contributed by atoms with Crippen LogP contribution in [0.5, 0.6) is 11.5 Å². The fraction of sp³-hybridized carbons (Fsp3) is 0.455. The molecule has 0 saturated heterocycles. The maximum Gasteiger partial charge on any atom is 0.390 e. The molecule has 0 aliphatic rings. The lowest BCUT2D eigenvalue weighted by Gasteiger charge is -2.17. The minimum Gasteiger partial charge on any atom is -0.495 e. The predicted molar refractivity (Wildman–Crippen MR) is 63.8 cm³/mol. The molecule has 102 valence electrons. The third-order valence-corrected chi connectivity index (χ3v) is 3.01. The first kappa shape index (κ1) is 15.2. The Kier molecular flexibility index (Phi) is 4.99. The van der Waals surface area contributed by atoms with Crippen LogP contribution in [0.4, 0.5) is 13.2 Å². The van der Waals surface area contributed by atoms with Gasteiger partial charge in [-0.05, 0) is 6.07 Å². The molecule has 0 aliphatic heterocycles. The average molecular weight is 303 g/mol. The number of benzene rings is 1. The molecule has 0 aliphatic carbocycles. The SMILES string of the molecule is COc1ccc(C(Cl)CC(F)(F)F)c(OC)c1Cl. The van der Waals surface area contributed by atoms with Gasteiger partial charge in [0.2, 0.25) is 0 Å². The van der Waals surface area contributed by atoms with Crippen LogP contribution in [0, 0.1) is 0 Å². The Hall–Kier alpha value is -0.810. The van der Waals surface area contributed by atoms with Gasteiger partial charge >= 0.3 is 6.18 Å². The maximum absolute atomic E-state index is 12.3. The molecule has 1 rings (SSSR count). The van der Waals surface area contributed by atoms with Crippen LogP contribution in [0.1, 0.15) is 17.4 Å². The molecule has 0 saturated carbocycles. The quantitative estimate of drug-likeness (QED) is 0.757. The lowest BCUT2D eigenvalue weighted by atomic mass is 10.1. The molecule has 0 bridgehead atoms. The number of ether oxygens (including phenoxy) is 2. The van der Waals surface area contributed by atoms with Crippen molar-refractivity contribution >= 4 is 23.2 Å². The highest BCUT2D eigenvalue weighted by atomic mass is 35.5. The number of methoxy groups -OCH3 is 2. The Balaban J connectivity index is 3.13. The lowest BCUT2D eigenvalue weighted by Crippen LogP contribution is -2.11. The van der Waals surface area contributed by atoms with Crippen LogP contribution in [-0.4, -0.2) is 20.4 Å². The van der Waals surface area contributed by atoms with Crippen molar-refractivity contribution in [3.63, 3.8) is 0 Å². The summed E-state index contributed by atoms with van der Waals surface area (Å²) in [5, 5.41) is -1.16. The molecule has 7 heteroatoms. The topological polar surface area (TPSA) is 18.5 Å². The summed E-state index contributed by atoms with van der Waals surface area (Å²) in [5.74, 6) is 0.411. The molecule has 0 spiro atoms. The van der Waals surface area contributed by atoms with Gasteiger partial charge in [-0.1, -0.05) is 17.7 Å². The fourth-order valence-corrected chi connectivity index (χ4v) is 2.15. The van der Waals surface area contributed by atoms with E-state index in [1.54, 1.807) is 0 Å². The minimum atomic E-state index is -4.36. The molecule has 0 fully saturated rings. The number of rotatable bonds is 4. The lowest BCUT2D eigenvalue weighted by molar-refractivity contribution is -0.134. The highest BCUT2D eigenvalue weighted by molar-refractivity contribution is 6.34. The first-order chi connectivity index (χ1) is 8.30. The number of hydrogen-bond donors (Lipinski definition) is 0. The summed E-state index contributed by atoms with van der Waals surface area (Å²) in [4.78, 5) is 0. The van der Waals surface area contributed by atoms with Gasteiger partial charge in [0.15, 0.2) is 0 Å². The Morgan fingerprint density at radius 2 is 1.83 bits per heavy atom. The molecule has 2 nitrogen and oxygen atoms in total. The van der Waals surface area contributed by atoms with Crippen LogP contribution < -0.4 is 9.47 Å². The molecule has 1 aromatic carbocycles. The van der Waals surface area contributed by atoms with E-state index in [2.05, 4.69) is 0 Å². The summed E-state index contributed by atoms with van der Waals surface area (Å²) in [6, 6.07) is 2.86. The van der Waals surface area contributed by atoms with Crippen molar-refractivity contribution in [3.05, 3.63) is 22.7 Å². The molecule has 1 aromatic rings. The Morgan fingerprint density at radius 3 is 2.28 bits per heavy atom. The zero-order chi connectivity index (χ0) is 13.9. The maximum atomic E-state index is 12.3. The molecule has 0 radical (unpaired) electrons. The number of alkyl halides is 4. The van der Waals surface area contributed by atoms with Gasteiger partial charge in [0, 0.05) is 5.56 Å². The van der Waals surface area contributed by atoms with Crippen LogP contribution >= 0.6 is 23.2 Å². The normalized spacial score (nSPS) is 13.3. The largest absolute Gasteiger partial charge is 0.495 e. The van der Waals surface area contributed by atoms with Crippen LogP contribution in [0.2, 0.25) is 5.02 Å². The van der Waals surface area contributed by atoms with E-state index in [1.165, 1.54) is 26.4 Å². The van der Waals surface area contributed by atoms with Gasteiger partial charge < -0.3 is 9.47 Å². The fourth-order valence-electron chi connectivity index (χ4n) is 1.48. The van der Waals surface area contributed by atoms with E-state index in [1.807, 2.05) is 0 Å². The zero-order valence-electron chi connectivity index (χ0n) is 9.65. The zero-order valence-corrected chi connectivity index (χ0v) is 11.2. The number of halogens is 5. The van der Waals surface area contributed by atoms with Crippen molar-refractivity contribution in [2.24, 2.45) is 0 Å². The molecule has 1 atom stereocenters. The second kappa shape index (κ2) is 5.89. The van der Waals surface area contributed by atoms with Crippen molar-refractivity contribution in [2.75, 3.05) is 14.2 Å². The van der Waals surface area contributed by atoms with Crippen molar-refractivity contribution in [1.82, 2.24) is 0 Å². The highest BCUT2D eigenvalue weighted by Gasteiger charge is 2.33. The second-order valence-corrected chi connectivity index (χ2v) is 4.40. The van der Waals surface area contributed by atoms with Gasteiger partial charge in [-0.15, -0.1) is 11.6 Å². The molecule has 0 N–H and O–H groups in total. The average Bonchev–Trinajstić information content (AvgIpc) is 2.26. The molecule has 18 heavy (non-hydrogen) atoms. The third-order valence-electron chi connectivity index (χ3n) is 2.26. The summed E-state index contributed by atoms with van der Waals surface area (Å²) in [5.41, 5.74) is 0.183. The van der Waals surface area contributed by atoms with E-state index in [9.17, 15) is 13.2 Å². The van der Waals surface area contributed by atoms with Gasteiger partial charge in [-0.2, -0.15) is 13.2 Å². The Labute approximate surface area is 113 Å². The summed E-state index contributed by atoms with van der Waals surface area (Å²) < 4.78 is 46.8. The molecular weight excluding hydrogens is 292 g/mol. The molecule has 1 unspecified atom stereocenters. The number of hydrogen-bond acceptors (Lipinski definition) is 2. The van der Waals surface area contributed by atoms with E-state index < -0.39 is 18.0 Å². The molecule has 0 heterocycles. The van der Waals surface area contributed by atoms with E-state index in [4.69, 9.17) is 32.7 Å². The van der Waals surface area contributed by atoms with Crippen molar-refractivity contribution in [2.45, 2.75) is 18.0 Å². The highest BCUT2D eigenvalue weighted by Crippen LogP contribution is 2.44. The van der Waals surface area contributed by atoms with Gasteiger partial charge in [0.25, 0.3) is 0 Å². The monoisotopic (exact) mass is 302 g/mol. The van der Waals surface area contributed by atoms with Gasteiger partial charge in [-0.3, -0.25) is 0 Å². The van der Waals surface area contributed by atoms with Crippen LogP contribution in [0.3, 0.4) is 0 Å². The smallest absolute Gasteiger partial charge is 0.390 e. The summed E-state index contributed by atoms with van der Waals surface area (Å²) in [6.07, 6.45) is -5.52. The summed E-state index contributed by atoms with van der Waals surface area (Å²) in [7, 11) is 2.70. The Morgan fingerprint density at radius 1 is 1.22 bits per heavy atom. The van der Waals surface area contributed by atoms with Gasteiger partial charge in [-0.25, -0.2) is 0 Å². The summed E-state index contributed by atoms with van der Waals surface area (Å²) in [6.45, 7) is 0. The summed E-state index contributed by atoms with van der Waals surface area (Å²) >= 11 is 11.7. The molecule has 0 amide bonds. The van der Waals surface area contributed by atoms with Crippen LogP contribution in [-0.2, 0) is 0 Å². The van der Waals surface area contributed by atoms with Gasteiger partial charge in [0.1, 0.15) is 16.5 Å². The standard InChI is InChI=1S/C11H11Cl2F3O2/c1-17-8-4-3-6(10(18-2)9(8)13)7(12)5-11(14,15)16/h3-4,7H,5H2,1-2H3. The van der Waals surface area contributed by atoms with E-state index in [0.717, 1.165) is 0 Å². The third kappa shape index (κ3) is 3.59. The van der Waals surface area contributed by atoms with Crippen LogP contribution in [0.15, 0.2) is 12.1 Å². The molecular formula is C11H11Cl2F3O2. The van der Waals surface area contributed by atoms with Crippen molar-refractivity contribution < 1.29 is 22.6 Å². The first-order valence-electron chi connectivity index (χ1n) is 4.91. The van der Waals surface area contributed by atoms with E-state index >= 15 is 0 Å². The van der Waals surface area contributed by atoms with E-state index in [0.29, 0.717) is 5.75 Å². The minimum absolute atomic E-state index is 0.0975. The first-order valence-corrected chi connectivity index (χ1v) is 5.72. The molecule has 0 aromatic heterocycles. The predicted octanol–water partition coefficient (Wildman–Crippen LogP) is 4.59. The van der Waals surface area contributed by atoms with Crippen LogP contribution in [0.25, 0.3) is 0 Å². The van der Waals surface area contributed by atoms with Gasteiger partial charge in [0.05, 0.1) is 26.0 Å². The second-order valence-electron chi connectivity index (χ2n) is 3.49. The van der Waals surface area contributed by atoms with E-state index in [-0.39, 0.29) is 16.3 Å². The Bertz CT molecular complexity index is 421. The van der Waals surface area contributed by atoms with Crippen molar-refractivity contribution in [1.29, 1.82) is 0 Å². The van der Waals surface area contributed by atoms with Crippen molar-refractivity contribution in [3.8, 4) is 11.5 Å².